The third-order valence-corrected chi connectivity index (χ3v) is 6.49. The van der Waals surface area contributed by atoms with E-state index in [0.29, 0.717) is 23.3 Å². The first-order chi connectivity index (χ1) is 11.0. The van der Waals surface area contributed by atoms with Crippen molar-refractivity contribution in [2.24, 2.45) is 11.8 Å². The summed E-state index contributed by atoms with van der Waals surface area (Å²) in [5.74, 6) is 1.36. The summed E-state index contributed by atoms with van der Waals surface area (Å²) in [4.78, 5) is 13.3. The van der Waals surface area contributed by atoms with Gasteiger partial charge in [0.25, 0.3) is 0 Å². The van der Waals surface area contributed by atoms with Crippen molar-refractivity contribution in [1.29, 1.82) is 0 Å². The van der Waals surface area contributed by atoms with E-state index in [9.17, 15) is 4.79 Å². The lowest BCUT2D eigenvalue weighted by Crippen LogP contribution is -2.40. The van der Waals surface area contributed by atoms with E-state index in [1.165, 1.54) is 25.7 Å². The Balaban J connectivity index is 1.68. The SMILES string of the molecule is CCOC(=O)c1c(NC(=S)N[C@H]2C[C@@H]3CC[C@H]2C3)sc(C)c1C. The molecule has 1 heterocycles. The quantitative estimate of drug-likeness (QED) is 0.633. The number of thiocarbonyl (C=S) groups is 1. The van der Waals surface area contributed by atoms with Crippen LogP contribution in [0.25, 0.3) is 0 Å². The van der Waals surface area contributed by atoms with Gasteiger partial charge in [0.2, 0.25) is 0 Å². The molecule has 3 atom stereocenters. The Kier molecular flexibility index (Phi) is 4.92. The Bertz CT molecular complexity index is 626. The first kappa shape index (κ1) is 16.7. The van der Waals surface area contributed by atoms with Gasteiger partial charge >= 0.3 is 5.97 Å². The van der Waals surface area contributed by atoms with Crippen LogP contribution in [-0.4, -0.2) is 23.7 Å². The fourth-order valence-corrected chi connectivity index (χ4v) is 5.26. The first-order valence-corrected chi connectivity index (χ1v) is 9.56. The third kappa shape index (κ3) is 3.38. The van der Waals surface area contributed by atoms with Crippen LogP contribution in [0.1, 0.15) is 53.4 Å². The summed E-state index contributed by atoms with van der Waals surface area (Å²) < 4.78 is 5.18. The van der Waals surface area contributed by atoms with E-state index >= 15 is 0 Å². The fraction of sp³-hybridized carbons (Fsp3) is 0.647. The molecule has 0 aromatic carbocycles. The van der Waals surface area contributed by atoms with Crippen molar-refractivity contribution < 1.29 is 9.53 Å². The van der Waals surface area contributed by atoms with Crippen molar-refractivity contribution in [2.75, 3.05) is 11.9 Å². The van der Waals surface area contributed by atoms with Crippen LogP contribution in [0.15, 0.2) is 0 Å². The maximum atomic E-state index is 12.2. The normalized spacial score (nSPS) is 25.4. The van der Waals surface area contributed by atoms with E-state index in [1.807, 2.05) is 20.8 Å². The van der Waals surface area contributed by atoms with Gasteiger partial charge in [0.05, 0.1) is 12.2 Å². The molecule has 0 amide bonds. The number of hydrogen-bond donors (Lipinski definition) is 2. The molecule has 2 aliphatic carbocycles. The summed E-state index contributed by atoms with van der Waals surface area (Å²) in [5.41, 5.74) is 1.59. The van der Waals surface area contributed by atoms with Crippen molar-refractivity contribution in [1.82, 2.24) is 5.32 Å². The summed E-state index contributed by atoms with van der Waals surface area (Å²) in [6, 6.07) is 0.488. The van der Waals surface area contributed by atoms with E-state index in [0.717, 1.165) is 27.3 Å². The molecule has 2 fully saturated rings. The molecule has 1 aromatic rings. The molecule has 1 aromatic heterocycles. The highest BCUT2D eigenvalue weighted by molar-refractivity contribution is 7.80. The van der Waals surface area contributed by atoms with Crippen molar-refractivity contribution in [3.8, 4) is 0 Å². The van der Waals surface area contributed by atoms with Crippen molar-refractivity contribution in [3.63, 3.8) is 0 Å². The van der Waals surface area contributed by atoms with Gasteiger partial charge in [0, 0.05) is 10.9 Å². The summed E-state index contributed by atoms with van der Waals surface area (Å²) in [7, 11) is 0. The molecule has 0 radical (unpaired) electrons. The van der Waals surface area contributed by atoms with Crippen molar-refractivity contribution in [2.45, 2.75) is 52.5 Å². The zero-order chi connectivity index (χ0) is 16.6. The molecule has 0 spiro atoms. The Hall–Kier alpha value is -1.14. The van der Waals surface area contributed by atoms with Crippen LogP contribution in [0.2, 0.25) is 0 Å². The lowest BCUT2D eigenvalue weighted by atomic mass is 9.96. The predicted octanol–water partition coefficient (Wildman–Crippen LogP) is 4.02. The minimum Gasteiger partial charge on any atom is -0.462 e. The highest BCUT2D eigenvalue weighted by Gasteiger charge is 2.39. The molecule has 0 aliphatic heterocycles. The molecule has 2 aliphatic rings. The Labute approximate surface area is 147 Å². The number of fused-ring (bicyclic) bond motifs is 2. The van der Waals surface area contributed by atoms with Gasteiger partial charge in [-0.2, -0.15) is 0 Å². The Morgan fingerprint density at radius 3 is 2.74 bits per heavy atom. The van der Waals surface area contributed by atoms with E-state index < -0.39 is 0 Å². The monoisotopic (exact) mass is 352 g/mol. The number of rotatable bonds is 4. The standard InChI is InChI=1S/C17H24N2O2S2/c1-4-21-16(20)14-9(2)10(3)23-15(14)19-17(22)18-13-8-11-5-6-12(13)7-11/h11-13H,4-8H2,1-3H3,(H2,18,19,22)/t11-,12+,13+/m1/s1. The first-order valence-electron chi connectivity index (χ1n) is 8.34. The number of anilines is 1. The van der Waals surface area contributed by atoms with E-state index in [4.69, 9.17) is 17.0 Å². The van der Waals surface area contributed by atoms with E-state index in [2.05, 4.69) is 10.6 Å². The average molecular weight is 353 g/mol. The third-order valence-electron chi connectivity index (χ3n) is 5.15. The number of esters is 1. The summed E-state index contributed by atoms with van der Waals surface area (Å²) in [5, 5.41) is 8.11. The Morgan fingerprint density at radius 1 is 1.35 bits per heavy atom. The maximum absolute atomic E-state index is 12.2. The van der Waals surface area contributed by atoms with Gasteiger partial charge in [0.1, 0.15) is 5.00 Å². The zero-order valence-electron chi connectivity index (χ0n) is 13.9. The molecule has 0 unspecified atom stereocenters. The van der Waals surface area contributed by atoms with Crippen LogP contribution >= 0.6 is 23.6 Å². The minimum absolute atomic E-state index is 0.278. The van der Waals surface area contributed by atoms with Crippen LogP contribution in [0.4, 0.5) is 5.00 Å². The zero-order valence-corrected chi connectivity index (χ0v) is 15.5. The van der Waals surface area contributed by atoms with Gasteiger partial charge in [-0.1, -0.05) is 6.42 Å². The molecule has 2 N–H and O–H groups in total. The highest BCUT2D eigenvalue weighted by Crippen LogP contribution is 2.44. The molecule has 0 saturated heterocycles. The van der Waals surface area contributed by atoms with Crippen molar-refractivity contribution >= 4 is 39.6 Å². The number of carbonyl (C=O) groups is 1. The molecular formula is C17H24N2O2S2. The van der Waals surface area contributed by atoms with Crippen LogP contribution in [-0.2, 0) is 4.74 Å². The topological polar surface area (TPSA) is 50.4 Å². The molecular weight excluding hydrogens is 328 g/mol. The van der Waals surface area contributed by atoms with E-state index in [1.54, 1.807) is 11.3 Å². The molecule has 126 valence electrons. The molecule has 4 nitrogen and oxygen atoms in total. The number of ether oxygens (including phenoxy) is 1. The summed E-state index contributed by atoms with van der Waals surface area (Å²) in [6.07, 6.45) is 5.25. The van der Waals surface area contributed by atoms with Crippen LogP contribution in [0.3, 0.4) is 0 Å². The number of nitrogens with one attached hydrogen (secondary N) is 2. The smallest absolute Gasteiger partial charge is 0.341 e. The molecule has 2 bridgehead atoms. The molecule has 2 saturated carbocycles. The second-order valence-electron chi connectivity index (χ2n) is 6.59. The second kappa shape index (κ2) is 6.77. The average Bonchev–Trinajstić information content (AvgIpc) is 3.15. The lowest BCUT2D eigenvalue weighted by molar-refractivity contribution is 0.0527. The van der Waals surface area contributed by atoms with Gasteiger partial charge in [0.15, 0.2) is 5.11 Å². The number of thiophene rings is 1. The van der Waals surface area contributed by atoms with Crippen LogP contribution in [0, 0.1) is 25.7 Å². The van der Waals surface area contributed by atoms with Gasteiger partial charge < -0.3 is 15.4 Å². The second-order valence-corrected chi connectivity index (χ2v) is 8.22. The number of hydrogen-bond acceptors (Lipinski definition) is 4. The Morgan fingerprint density at radius 2 is 2.13 bits per heavy atom. The maximum Gasteiger partial charge on any atom is 0.341 e. The molecule has 23 heavy (non-hydrogen) atoms. The van der Waals surface area contributed by atoms with Gasteiger partial charge in [-0.25, -0.2) is 4.79 Å². The van der Waals surface area contributed by atoms with Crippen molar-refractivity contribution in [3.05, 3.63) is 16.0 Å². The van der Waals surface area contributed by atoms with Gasteiger partial charge in [-0.15, -0.1) is 11.3 Å². The van der Waals surface area contributed by atoms with Gasteiger partial charge in [-0.05, 0) is 69.7 Å². The largest absolute Gasteiger partial charge is 0.462 e. The molecule has 6 heteroatoms. The fourth-order valence-electron chi connectivity index (χ4n) is 3.89. The molecule has 3 rings (SSSR count). The lowest BCUT2D eigenvalue weighted by Gasteiger charge is -2.24. The highest BCUT2D eigenvalue weighted by atomic mass is 32.1. The predicted molar refractivity (Wildman–Crippen MR) is 98.3 cm³/mol. The van der Waals surface area contributed by atoms with Crippen LogP contribution in [0.5, 0.6) is 0 Å². The number of carbonyl (C=O) groups excluding carboxylic acids is 1. The summed E-state index contributed by atoms with van der Waals surface area (Å²) in [6.45, 7) is 6.16. The summed E-state index contributed by atoms with van der Waals surface area (Å²) >= 11 is 7.04. The van der Waals surface area contributed by atoms with Gasteiger partial charge in [-0.3, -0.25) is 0 Å². The van der Waals surface area contributed by atoms with Crippen LogP contribution < -0.4 is 10.6 Å². The number of aryl methyl sites for hydroxylation is 1. The minimum atomic E-state index is -0.278. The van der Waals surface area contributed by atoms with E-state index in [-0.39, 0.29) is 5.97 Å².